The maximum absolute atomic E-state index is 11.9. The van der Waals surface area contributed by atoms with E-state index in [-0.39, 0.29) is 24.4 Å². The van der Waals surface area contributed by atoms with Crippen LogP contribution in [0.25, 0.3) is 0 Å². The SMILES string of the molecule is CCOCc1cccc(NC(=O)C2CCCN2)c1.Cl. The van der Waals surface area contributed by atoms with Gasteiger partial charge in [0, 0.05) is 12.3 Å². The van der Waals surface area contributed by atoms with Crippen molar-refractivity contribution in [1.29, 1.82) is 0 Å². The predicted octanol–water partition coefficient (Wildman–Crippen LogP) is 2.34. The molecule has 1 aliphatic heterocycles. The molecule has 1 fully saturated rings. The zero-order valence-electron chi connectivity index (χ0n) is 11.1. The number of amides is 1. The molecular formula is C14H21ClN2O2. The Morgan fingerprint density at radius 2 is 2.37 bits per heavy atom. The summed E-state index contributed by atoms with van der Waals surface area (Å²) >= 11 is 0. The molecule has 0 aliphatic carbocycles. The molecule has 1 aromatic carbocycles. The van der Waals surface area contributed by atoms with Gasteiger partial charge in [-0.2, -0.15) is 0 Å². The van der Waals surface area contributed by atoms with Crippen LogP contribution in [0.3, 0.4) is 0 Å². The minimum absolute atomic E-state index is 0. The fraction of sp³-hybridized carbons (Fsp3) is 0.500. The number of ether oxygens (including phenoxy) is 1. The van der Waals surface area contributed by atoms with Gasteiger partial charge >= 0.3 is 0 Å². The molecule has 106 valence electrons. The first-order valence-corrected chi connectivity index (χ1v) is 6.50. The van der Waals surface area contributed by atoms with Crippen molar-refractivity contribution in [3.05, 3.63) is 29.8 Å². The highest BCUT2D eigenvalue weighted by molar-refractivity contribution is 5.95. The summed E-state index contributed by atoms with van der Waals surface area (Å²) in [6, 6.07) is 7.76. The van der Waals surface area contributed by atoms with E-state index in [4.69, 9.17) is 4.74 Å². The van der Waals surface area contributed by atoms with Gasteiger partial charge < -0.3 is 15.4 Å². The lowest BCUT2D eigenvalue weighted by Crippen LogP contribution is -2.35. The maximum atomic E-state index is 11.9. The lowest BCUT2D eigenvalue weighted by Gasteiger charge is -2.12. The van der Waals surface area contributed by atoms with Gasteiger partial charge in [0.2, 0.25) is 5.91 Å². The number of anilines is 1. The Bertz CT molecular complexity index is 406. The molecule has 1 atom stereocenters. The number of hydrogen-bond donors (Lipinski definition) is 2. The fourth-order valence-corrected chi connectivity index (χ4v) is 2.10. The number of benzene rings is 1. The van der Waals surface area contributed by atoms with E-state index in [1.807, 2.05) is 31.2 Å². The summed E-state index contributed by atoms with van der Waals surface area (Å²) in [6.45, 7) is 4.18. The maximum Gasteiger partial charge on any atom is 0.241 e. The second-order valence-electron chi connectivity index (χ2n) is 4.48. The summed E-state index contributed by atoms with van der Waals surface area (Å²) in [5.74, 6) is 0.0565. The summed E-state index contributed by atoms with van der Waals surface area (Å²) in [6.07, 6.45) is 1.99. The Kier molecular flexibility index (Phi) is 6.84. The molecule has 4 nitrogen and oxygen atoms in total. The summed E-state index contributed by atoms with van der Waals surface area (Å²) < 4.78 is 5.35. The van der Waals surface area contributed by atoms with Crippen LogP contribution in [-0.2, 0) is 16.1 Å². The Labute approximate surface area is 120 Å². The normalized spacial score (nSPS) is 17.8. The standard InChI is InChI=1S/C14H20N2O2.ClH/c1-2-18-10-11-5-3-6-12(9-11)16-14(17)13-7-4-8-15-13;/h3,5-6,9,13,15H,2,4,7-8,10H2,1H3,(H,16,17);1H. The third-order valence-electron chi connectivity index (χ3n) is 3.04. The van der Waals surface area contributed by atoms with Gasteiger partial charge in [-0.3, -0.25) is 4.79 Å². The van der Waals surface area contributed by atoms with Gasteiger partial charge in [-0.1, -0.05) is 12.1 Å². The summed E-state index contributed by atoms with van der Waals surface area (Å²) in [4.78, 5) is 11.9. The first kappa shape index (κ1) is 16.0. The zero-order chi connectivity index (χ0) is 12.8. The van der Waals surface area contributed by atoms with Crippen LogP contribution in [-0.4, -0.2) is 25.1 Å². The zero-order valence-corrected chi connectivity index (χ0v) is 12.0. The van der Waals surface area contributed by atoms with Crippen molar-refractivity contribution in [2.24, 2.45) is 0 Å². The predicted molar refractivity (Wildman–Crippen MR) is 78.7 cm³/mol. The van der Waals surface area contributed by atoms with E-state index in [2.05, 4.69) is 10.6 Å². The number of carbonyl (C=O) groups excluding carboxylic acids is 1. The van der Waals surface area contributed by atoms with E-state index in [9.17, 15) is 4.79 Å². The first-order valence-electron chi connectivity index (χ1n) is 6.50. The topological polar surface area (TPSA) is 50.4 Å². The monoisotopic (exact) mass is 284 g/mol. The van der Waals surface area contributed by atoms with Gasteiger partial charge in [-0.25, -0.2) is 0 Å². The number of halogens is 1. The van der Waals surface area contributed by atoms with Crippen LogP contribution in [0.5, 0.6) is 0 Å². The molecule has 0 aromatic heterocycles. The van der Waals surface area contributed by atoms with Crippen molar-refractivity contribution in [2.45, 2.75) is 32.4 Å². The Balaban J connectivity index is 0.00000180. The first-order chi connectivity index (χ1) is 8.79. The molecule has 1 unspecified atom stereocenters. The number of nitrogens with one attached hydrogen (secondary N) is 2. The Morgan fingerprint density at radius 1 is 1.53 bits per heavy atom. The molecule has 0 saturated carbocycles. The highest BCUT2D eigenvalue weighted by Crippen LogP contribution is 2.13. The second kappa shape index (κ2) is 8.15. The van der Waals surface area contributed by atoms with E-state index in [0.29, 0.717) is 13.2 Å². The highest BCUT2D eigenvalue weighted by atomic mass is 35.5. The summed E-state index contributed by atoms with van der Waals surface area (Å²) in [7, 11) is 0. The van der Waals surface area contributed by atoms with Crippen LogP contribution in [0.15, 0.2) is 24.3 Å². The Hall–Kier alpha value is -1.10. The second-order valence-corrected chi connectivity index (χ2v) is 4.48. The summed E-state index contributed by atoms with van der Waals surface area (Å²) in [5.41, 5.74) is 1.92. The van der Waals surface area contributed by atoms with Gasteiger partial charge in [0.15, 0.2) is 0 Å². The van der Waals surface area contributed by atoms with Gasteiger partial charge in [0.1, 0.15) is 0 Å². The number of rotatable bonds is 5. The molecule has 0 spiro atoms. The molecular weight excluding hydrogens is 264 g/mol. The third kappa shape index (κ3) is 4.82. The van der Waals surface area contributed by atoms with Crippen molar-refractivity contribution in [2.75, 3.05) is 18.5 Å². The minimum atomic E-state index is -0.0412. The van der Waals surface area contributed by atoms with E-state index in [1.54, 1.807) is 0 Å². The molecule has 1 aromatic rings. The van der Waals surface area contributed by atoms with Crippen LogP contribution < -0.4 is 10.6 Å². The van der Waals surface area contributed by atoms with Crippen LogP contribution in [0, 0.1) is 0 Å². The van der Waals surface area contributed by atoms with E-state index >= 15 is 0 Å². The van der Waals surface area contributed by atoms with Crippen LogP contribution in [0.2, 0.25) is 0 Å². The lowest BCUT2D eigenvalue weighted by molar-refractivity contribution is -0.117. The van der Waals surface area contributed by atoms with Crippen LogP contribution in [0.4, 0.5) is 5.69 Å². The average Bonchev–Trinajstić information content (AvgIpc) is 2.91. The van der Waals surface area contributed by atoms with Gasteiger partial charge in [-0.15, -0.1) is 12.4 Å². The van der Waals surface area contributed by atoms with Gasteiger partial charge in [0.25, 0.3) is 0 Å². The van der Waals surface area contributed by atoms with E-state index < -0.39 is 0 Å². The fourth-order valence-electron chi connectivity index (χ4n) is 2.10. The number of carbonyl (C=O) groups is 1. The van der Waals surface area contributed by atoms with Crippen molar-refractivity contribution < 1.29 is 9.53 Å². The smallest absolute Gasteiger partial charge is 0.241 e. The molecule has 1 amide bonds. The van der Waals surface area contributed by atoms with Gasteiger partial charge in [0.05, 0.1) is 12.6 Å². The van der Waals surface area contributed by atoms with Gasteiger partial charge in [-0.05, 0) is 44.0 Å². The molecule has 2 rings (SSSR count). The molecule has 1 aliphatic rings. The molecule has 1 saturated heterocycles. The quantitative estimate of drug-likeness (QED) is 0.872. The lowest BCUT2D eigenvalue weighted by atomic mass is 10.2. The van der Waals surface area contributed by atoms with Crippen molar-refractivity contribution in [3.63, 3.8) is 0 Å². The Morgan fingerprint density at radius 3 is 3.05 bits per heavy atom. The van der Waals surface area contributed by atoms with E-state index in [0.717, 1.165) is 30.6 Å². The molecule has 19 heavy (non-hydrogen) atoms. The average molecular weight is 285 g/mol. The molecule has 0 bridgehead atoms. The largest absolute Gasteiger partial charge is 0.377 e. The third-order valence-corrected chi connectivity index (χ3v) is 3.04. The molecule has 5 heteroatoms. The highest BCUT2D eigenvalue weighted by Gasteiger charge is 2.21. The van der Waals surface area contributed by atoms with Crippen molar-refractivity contribution in [3.8, 4) is 0 Å². The molecule has 0 radical (unpaired) electrons. The molecule has 2 N–H and O–H groups in total. The molecule has 1 heterocycles. The number of hydrogen-bond acceptors (Lipinski definition) is 3. The van der Waals surface area contributed by atoms with Crippen LogP contribution >= 0.6 is 12.4 Å². The van der Waals surface area contributed by atoms with Crippen molar-refractivity contribution >= 4 is 24.0 Å². The minimum Gasteiger partial charge on any atom is -0.377 e. The summed E-state index contributed by atoms with van der Waals surface area (Å²) in [5, 5.41) is 6.13. The van der Waals surface area contributed by atoms with Crippen LogP contribution in [0.1, 0.15) is 25.3 Å². The van der Waals surface area contributed by atoms with Crippen molar-refractivity contribution in [1.82, 2.24) is 5.32 Å². The van der Waals surface area contributed by atoms with E-state index in [1.165, 1.54) is 0 Å².